The van der Waals surface area contributed by atoms with Gasteiger partial charge in [-0.15, -0.1) is 0 Å². The molecular weight excluding hydrogens is 169 g/mol. The molecule has 1 rings (SSSR count). The Morgan fingerprint density at radius 3 is 2.33 bits per heavy atom. The van der Waals surface area contributed by atoms with Crippen molar-refractivity contribution in [2.75, 3.05) is 0 Å². The second-order valence-electron chi connectivity index (χ2n) is 2.62. The van der Waals surface area contributed by atoms with Gasteiger partial charge in [-0.3, -0.25) is 0 Å². The lowest BCUT2D eigenvalue weighted by molar-refractivity contribution is -0.149. The lowest BCUT2D eigenvalue weighted by atomic mass is 10.2. The monoisotopic (exact) mass is 178 g/mol. The minimum atomic E-state index is -4.38. The van der Waals surface area contributed by atoms with Crippen LogP contribution >= 0.6 is 0 Å². The van der Waals surface area contributed by atoms with Crippen LogP contribution < -0.4 is 5.73 Å². The third kappa shape index (κ3) is 1.79. The maximum Gasteiger partial charge on any atom is 0.409 e. The van der Waals surface area contributed by atoms with Gasteiger partial charge in [-0.1, -0.05) is 0 Å². The molecule has 0 amide bonds. The molecule has 0 bridgehead atoms. The van der Waals surface area contributed by atoms with E-state index in [1.165, 1.54) is 6.07 Å². The van der Waals surface area contributed by atoms with Crippen molar-refractivity contribution < 1.29 is 13.2 Å². The molecule has 0 aliphatic rings. The van der Waals surface area contributed by atoms with E-state index in [9.17, 15) is 13.2 Å². The lowest BCUT2D eigenvalue weighted by Crippen LogP contribution is -2.28. The SMILES string of the molecule is Cc1ccc(C(N)C(F)(F)F)[nH]1. The first-order valence-corrected chi connectivity index (χ1v) is 3.39. The quantitative estimate of drug-likeness (QED) is 0.677. The van der Waals surface area contributed by atoms with Crippen molar-refractivity contribution in [3.05, 3.63) is 23.5 Å². The molecule has 1 unspecified atom stereocenters. The fourth-order valence-electron chi connectivity index (χ4n) is 0.884. The summed E-state index contributed by atoms with van der Waals surface area (Å²) in [6, 6.07) is 0.986. The maximum atomic E-state index is 12.0. The van der Waals surface area contributed by atoms with E-state index in [0.717, 1.165) is 0 Å². The summed E-state index contributed by atoms with van der Waals surface area (Å²) in [4.78, 5) is 2.54. The Labute approximate surface area is 67.6 Å². The molecule has 1 aromatic heterocycles. The van der Waals surface area contributed by atoms with E-state index in [-0.39, 0.29) is 5.69 Å². The van der Waals surface area contributed by atoms with E-state index in [1.54, 1.807) is 13.0 Å². The predicted octanol–water partition coefficient (Wildman–Crippen LogP) is 1.89. The van der Waals surface area contributed by atoms with Gasteiger partial charge >= 0.3 is 6.18 Å². The fraction of sp³-hybridized carbons (Fsp3) is 0.429. The summed E-state index contributed by atoms with van der Waals surface area (Å²) in [5, 5.41) is 0. The van der Waals surface area contributed by atoms with Gasteiger partial charge < -0.3 is 10.7 Å². The number of hydrogen-bond donors (Lipinski definition) is 2. The first-order chi connectivity index (χ1) is 5.41. The molecule has 1 aromatic rings. The van der Waals surface area contributed by atoms with Gasteiger partial charge in [0.1, 0.15) is 6.04 Å². The summed E-state index contributed by atoms with van der Waals surface area (Å²) in [5.74, 6) is 0. The summed E-state index contributed by atoms with van der Waals surface area (Å²) >= 11 is 0. The van der Waals surface area contributed by atoms with E-state index in [0.29, 0.717) is 5.69 Å². The van der Waals surface area contributed by atoms with E-state index in [4.69, 9.17) is 5.73 Å². The minimum absolute atomic E-state index is 0.000000000000000444. The number of hydrogen-bond acceptors (Lipinski definition) is 1. The van der Waals surface area contributed by atoms with Gasteiger partial charge in [0.15, 0.2) is 0 Å². The summed E-state index contributed by atoms with van der Waals surface area (Å²) in [5.41, 5.74) is 5.60. The van der Waals surface area contributed by atoms with E-state index >= 15 is 0 Å². The Hall–Kier alpha value is -0.970. The number of H-pyrrole nitrogens is 1. The van der Waals surface area contributed by atoms with Gasteiger partial charge in [0.05, 0.1) is 0 Å². The number of rotatable bonds is 1. The van der Waals surface area contributed by atoms with Crippen LogP contribution in [0.2, 0.25) is 0 Å². The van der Waals surface area contributed by atoms with Crippen molar-refractivity contribution in [2.45, 2.75) is 19.1 Å². The first kappa shape index (κ1) is 9.12. The molecule has 1 atom stereocenters. The van der Waals surface area contributed by atoms with E-state index in [1.807, 2.05) is 0 Å². The van der Waals surface area contributed by atoms with Crippen molar-refractivity contribution in [3.63, 3.8) is 0 Å². The highest BCUT2D eigenvalue weighted by atomic mass is 19.4. The molecule has 0 radical (unpaired) electrons. The van der Waals surface area contributed by atoms with E-state index < -0.39 is 12.2 Å². The third-order valence-electron chi connectivity index (χ3n) is 1.54. The first-order valence-electron chi connectivity index (χ1n) is 3.39. The highest BCUT2D eigenvalue weighted by Crippen LogP contribution is 2.29. The van der Waals surface area contributed by atoms with Gasteiger partial charge in [0.25, 0.3) is 0 Å². The average molecular weight is 178 g/mol. The molecule has 0 aliphatic heterocycles. The standard InChI is InChI=1S/C7H9F3N2/c1-4-2-3-5(12-4)6(11)7(8,9)10/h2-3,6,12H,11H2,1H3. The third-order valence-corrected chi connectivity index (χ3v) is 1.54. The Bertz CT molecular complexity index is 264. The zero-order chi connectivity index (χ0) is 9.35. The van der Waals surface area contributed by atoms with Gasteiger partial charge in [-0.25, -0.2) is 0 Å². The van der Waals surface area contributed by atoms with Crippen LogP contribution in [0, 0.1) is 6.92 Å². The smallest absolute Gasteiger partial charge is 0.361 e. The van der Waals surface area contributed by atoms with Crippen LogP contribution in [0.1, 0.15) is 17.4 Å². The highest BCUT2D eigenvalue weighted by molar-refractivity contribution is 5.15. The molecule has 5 heteroatoms. The molecule has 3 N–H and O–H groups in total. The van der Waals surface area contributed by atoms with Gasteiger partial charge in [-0.05, 0) is 19.1 Å². The van der Waals surface area contributed by atoms with Crippen molar-refractivity contribution in [1.29, 1.82) is 0 Å². The Kier molecular flexibility index (Phi) is 2.14. The number of nitrogens with two attached hydrogens (primary N) is 1. The molecule has 68 valence electrons. The summed E-state index contributed by atoms with van der Waals surface area (Å²) in [7, 11) is 0. The second kappa shape index (κ2) is 2.82. The molecule has 0 aromatic carbocycles. The van der Waals surface area contributed by atoms with Crippen LogP contribution in [-0.4, -0.2) is 11.2 Å². The summed E-state index contributed by atoms with van der Waals surface area (Å²) in [6.45, 7) is 1.67. The van der Waals surface area contributed by atoms with Crippen LogP contribution in [0.5, 0.6) is 0 Å². The molecule has 1 heterocycles. The molecule has 0 aliphatic carbocycles. The predicted molar refractivity (Wildman–Crippen MR) is 38.5 cm³/mol. The largest absolute Gasteiger partial charge is 0.409 e. The van der Waals surface area contributed by atoms with Gasteiger partial charge in [0, 0.05) is 11.4 Å². The number of aromatic amines is 1. The van der Waals surface area contributed by atoms with Crippen LogP contribution in [-0.2, 0) is 0 Å². The molecule has 12 heavy (non-hydrogen) atoms. The molecular formula is C7H9F3N2. The van der Waals surface area contributed by atoms with Gasteiger partial charge in [-0.2, -0.15) is 13.2 Å². The number of alkyl halides is 3. The maximum absolute atomic E-state index is 12.0. The van der Waals surface area contributed by atoms with E-state index in [2.05, 4.69) is 4.98 Å². The van der Waals surface area contributed by atoms with Crippen LogP contribution in [0.25, 0.3) is 0 Å². The topological polar surface area (TPSA) is 41.8 Å². The lowest BCUT2D eigenvalue weighted by Gasteiger charge is -2.13. The number of aryl methyl sites for hydroxylation is 1. The summed E-state index contributed by atoms with van der Waals surface area (Å²) in [6.07, 6.45) is -4.38. The highest BCUT2D eigenvalue weighted by Gasteiger charge is 2.38. The average Bonchev–Trinajstić information content (AvgIpc) is 2.32. The zero-order valence-corrected chi connectivity index (χ0v) is 6.44. The zero-order valence-electron chi connectivity index (χ0n) is 6.44. The Morgan fingerprint density at radius 1 is 1.42 bits per heavy atom. The minimum Gasteiger partial charge on any atom is -0.361 e. The number of nitrogens with one attached hydrogen (secondary N) is 1. The fourth-order valence-corrected chi connectivity index (χ4v) is 0.884. The van der Waals surface area contributed by atoms with Crippen molar-refractivity contribution in [3.8, 4) is 0 Å². The van der Waals surface area contributed by atoms with Crippen molar-refractivity contribution in [1.82, 2.24) is 4.98 Å². The normalized spacial score (nSPS) is 14.8. The summed E-state index contributed by atoms with van der Waals surface area (Å²) < 4.78 is 36.0. The Morgan fingerprint density at radius 2 is 2.00 bits per heavy atom. The van der Waals surface area contributed by atoms with Crippen molar-refractivity contribution in [2.24, 2.45) is 5.73 Å². The molecule has 2 nitrogen and oxygen atoms in total. The van der Waals surface area contributed by atoms with Crippen LogP contribution in [0.4, 0.5) is 13.2 Å². The molecule has 0 saturated carbocycles. The molecule has 0 spiro atoms. The molecule has 0 saturated heterocycles. The number of halogens is 3. The van der Waals surface area contributed by atoms with Crippen LogP contribution in [0.15, 0.2) is 12.1 Å². The number of aromatic nitrogens is 1. The molecule has 0 fully saturated rings. The van der Waals surface area contributed by atoms with Gasteiger partial charge in [0.2, 0.25) is 0 Å². The van der Waals surface area contributed by atoms with Crippen molar-refractivity contribution >= 4 is 0 Å². The second-order valence-corrected chi connectivity index (χ2v) is 2.62. The van der Waals surface area contributed by atoms with Crippen LogP contribution in [0.3, 0.4) is 0 Å². The Balaban J connectivity index is 2.85.